The number of carbonyl (C=O) groups is 1. The molecule has 0 saturated heterocycles. The van der Waals surface area contributed by atoms with Crippen molar-refractivity contribution < 1.29 is 14.3 Å². The molecule has 0 heterocycles. The van der Waals surface area contributed by atoms with E-state index in [-0.39, 0.29) is 6.10 Å². The molecule has 0 radical (unpaired) electrons. The van der Waals surface area contributed by atoms with Crippen LogP contribution < -0.4 is 0 Å². The molecule has 1 saturated carbocycles. The van der Waals surface area contributed by atoms with Gasteiger partial charge in [0.25, 0.3) is 0 Å². The van der Waals surface area contributed by atoms with E-state index >= 15 is 0 Å². The Bertz CT molecular complexity index is 148. The van der Waals surface area contributed by atoms with Gasteiger partial charge in [0.15, 0.2) is 0 Å². The molecule has 0 amide bonds. The van der Waals surface area contributed by atoms with Crippen molar-refractivity contribution in [1.29, 1.82) is 0 Å². The molecule has 0 bridgehead atoms. The first-order valence-corrected chi connectivity index (χ1v) is 5.07. The Balaban J connectivity index is 2.25. The van der Waals surface area contributed by atoms with Gasteiger partial charge in [0.1, 0.15) is 6.10 Å². The fourth-order valence-electron chi connectivity index (χ4n) is 1.72. The molecule has 0 N–H and O–H groups in total. The van der Waals surface area contributed by atoms with Gasteiger partial charge in [-0.1, -0.05) is 19.3 Å². The van der Waals surface area contributed by atoms with Crippen molar-refractivity contribution in [2.24, 2.45) is 0 Å². The minimum absolute atomic E-state index is 0.0905. The van der Waals surface area contributed by atoms with Gasteiger partial charge in [0.05, 0.1) is 7.11 Å². The molecular weight excluding hydrogens is 168 g/mol. The van der Waals surface area contributed by atoms with Gasteiger partial charge in [0.2, 0.25) is 0 Å². The van der Waals surface area contributed by atoms with E-state index in [1.807, 2.05) is 0 Å². The Kier molecular flexibility index (Phi) is 4.65. The van der Waals surface area contributed by atoms with Crippen molar-refractivity contribution in [3.63, 3.8) is 0 Å². The van der Waals surface area contributed by atoms with Crippen molar-refractivity contribution in [2.75, 3.05) is 7.11 Å². The van der Waals surface area contributed by atoms with E-state index in [0.29, 0.717) is 0 Å². The van der Waals surface area contributed by atoms with Crippen LogP contribution in [0.4, 0.5) is 4.79 Å². The van der Waals surface area contributed by atoms with Crippen molar-refractivity contribution in [2.45, 2.75) is 51.0 Å². The molecule has 3 heteroatoms. The van der Waals surface area contributed by atoms with Gasteiger partial charge in [-0.2, -0.15) is 0 Å². The summed E-state index contributed by atoms with van der Waals surface area (Å²) in [6.07, 6.45) is 7.74. The van der Waals surface area contributed by atoms with E-state index in [9.17, 15) is 4.79 Å². The zero-order valence-corrected chi connectivity index (χ0v) is 8.25. The van der Waals surface area contributed by atoms with Gasteiger partial charge < -0.3 is 9.47 Å². The highest BCUT2D eigenvalue weighted by Crippen LogP contribution is 2.19. The number of ether oxygens (including phenoxy) is 2. The second-order valence-electron chi connectivity index (χ2n) is 3.54. The largest absolute Gasteiger partial charge is 0.508 e. The normalized spacial score (nSPS) is 20.1. The van der Waals surface area contributed by atoms with Gasteiger partial charge in [-0.25, -0.2) is 4.79 Å². The van der Waals surface area contributed by atoms with E-state index in [2.05, 4.69) is 4.74 Å². The predicted octanol–water partition coefficient (Wildman–Crippen LogP) is 2.88. The maximum absolute atomic E-state index is 10.8. The van der Waals surface area contributed by atoms with Crippen molar-refractivity contribution in [3.8, 4) is 0 Å². The topological polar surface area (TPSA) is 35.5 Å². The molecule has 0 spiro atoms. The lowest BCUT2D eigenvalue weighted by Gasteiger charge is -2.18. The maximum atomic E-state index is 10.8. The molecule has 1 fully saturated rings. The Labute approximate surface area is 79.4 Å². The van der Waals surface area contributed by atoms with Crippen LogP contribution in [0, 0.1) is 0 Å². The molecule has 1 aliphatic carbocycles. The first-order chi connectivity index (χ1) is 6.33. The van der Waals surface area contributed by atoms with E-state index in [1.165, 1.54) is 39.2 Å². The van der Waals surface area contributed by atoms with E-state index in [4.69, 9.17) is 4.74 Å². The Morgan fingerprint density at radius 1 is 1.08 bits per heavy atom. The molecular formula is C10H18O3. The minimum atomic E-state index is -0.537. The standard InChI is InChI=1S/C10H18O3/c1-12-10(11)13-9-7-5-3-2-4-6-8-9/h9H,2-8H2,1H3. The molecule has 0 aromatic heterocycles. The monoisotopic (exact) mass is 186 g/mol. The Morgan fingerprint density at radius 3 is 2.15 bits per heavy atom. The number of methoxy groups -OCH3 is 1. The van der Waals surface area contributed by atoms with E-state index < -0.39 is 6.16 Å². The fourth-order valence-corrected chi connectivity index (χ4v) is 1.72. The number of carbonyl (C=O) groups excluding carboxylic acids is 1. The van der Waals surface area contributed by atoms with Crippen LogP contribution in [0.1, 0.15) is 44.9 Å². The highest BCUT2D eigenvalue weighted by Gasteiger charge is 2.15. The van der Waals surface area contributed by atoms with Crippen LogP contribution in [0.5, 0.6) is 0 Å². The SMILES string of the molecule is COC(=O)OC1CCCCCCC1. The van der Waals surface area contributed by atoms with Crippen molar-refractivity contribution in [3.05, 3.63) is 0 Å². The van der Waals surface area contributed by atoms with Gasteiger partial charge in [-0.3, -0.25) is 0 Å². The summed E-state index contributed by atoms with van der Waals surface area (Å²) in [7, 11) is 1.35. The summed E-state index contributed by atoms with van der Waals surface area (Å²) in [5.74, 6) is 0. The minimum Gasteiger partial charge on any atom is -0.438 e. The van der Waals surface area contributed by atoms with Crippen LogP contribution in [0.3, 0.4) is 0 Å². The van der Waals surface area contributed by atoms with Crippen LogP contribution in [0.15, 0.2) is 0 Å². The molecule has 0 aromatic carbocycles. The second kappa shape index (κ2) is 5.84. The lowest BCUT2D eigenvalue weighted by molar-refractivity contribution is 0.0272. The van der Waals surface area contributed by atoms with Gasteiger partial charge in [-0.05, 0) is 25.7 Å². The van der Waals surface area contributed by atoms with E-state index in [0.717, 1.165) is 12.8 Å². The summed E-state index contributed by atoms with van der Waals surface area (Å²) in [5.41, 5.74) is 0. The number of hydrogen-bond donors (Lipinski definition) is 0. The van der Waals surface area contributed by atoms with Crippen LogP contribution in [-0.4, -0.2) is 19.4 Å². The Morgan fingerprint density at radius 2 is 1.62 bits per heavy atom. The third kappa shape index (κ3) is 4.15. The highest BCUT2D eigenvalue weighted by molar-refractivity contribution is 5.59. The average Bonchev–Trinajstić information content (AvgIpc) is 2.09. The lowest BCUT2D eigenvalue weighted by Crippen LogP contribution is -2.19. The molecule has 13 heavy (non-hydrogen) atoms. The summed E-state index contributed by atoms with van der Waals surface area (Å²) in [4.78, 5) is 10.8. The van der Waals surface area contributed by atoms with Crippen LogP contribution in [0.2, 0.25) is 0 Å². The first kappa shape index (κ1) is 10.4. The third-order valence-electron chi connectivity index (χ3n) is 2.48. The molecule has 0 unspecified atom stereocenters. The number of rotatable bonds is 1. The quantitative estimate of drug-likeness (QED) is 0.591. The summed E-state index contributed by atoms with van der Waals surface area (Å²) in [6.45, 7) is 0. The molecule has 1 aliphatic rings. The first-order valence-electron chi connectivity index (χ1n) is 5.07. The highest BCUT2D eigenvalue weighted by atomic mass is 16.7. The maximum Gasteiger partial charge on any atom is 0.508 e. The molecule has 3 nitrogen and oxygen atoms in total. The van der Waals surface area contributed by atoms with Gasteiger partial charge in [0, 0.05) is 0 Å². The summed E-state index contributed by atoms with van der Waals surface area (Å²) < 4.78 is 9.58. The summed E-state index contributed by atoms with van der Waals surface area (Å²) >= 11 is 0. The molecule has 76 valence electrons. The summed E-state index contributed by atoms with van der Waals surface area (Å²) in [6, 6.07) is 0. The molecule has 0 aromatic rings. The third-order valence-corrected chi connectivity index (χ3v) is 2.48. The van der Waals surface area contributed by atoms with Crippen LogP contribution in [0.25, 0.3) is 0 Å². The molecule has 0 aliphatic heterocycles. The number of hydrogen-bond acceptors (Lipinski definition) is 3. The average molecular weight is 186 g/mol. The summed E-state index contributed by atoms with van der Waals surface area (Å²) in [5, 5.41) is 0. The van der Waals surface area contributed by atoms with Crippen molar-refractivity contribution in [1.82, 2.24) is 0 Å². The van der Waals surface area contributed by atoms with Gasteiger partial charge in [-0.15, -0.1) is 0 Å². The molecule has 1 rings (SSSR count). The lowest BCUT2D eigenvalue weighted by atomic mass is 9.99. The Hall–Kier alpha value is -0.730. The fraction of sp³-hybridized carbons (Fsp3) is 0.900. The van der Waals surface area contributed by atoms with Crippen LogP contribution >= 0.6 is 0 Å². The predicted molar refractivity (Wildman–Crippen MR) is 49.6 cm³/mol. The molecule has 0 atom stereocenters. The zero-order valence-electron chi connectivity index (χ0n) is 8.25. The van der Waals surface area contributed by atoms with Crippen molar-refractivity contribution >= 4 is 6.16 Å². The second-order valence-corrected chi connectivity index (χ2v) is 3.54. The van der Waals surface area contributed by atoms with Crippen LogP contribution in [-0.2, 0) is 9.47 Å². The van der Waals surface area contributed by atoms with E-state index in [1.54, 1.807) is 0 Å². The zero-order chi connectivity index (χ0) is 9.52. The van der Waals surface area contributed by atoms with Gasteiger partial charge >= 0.3 is 6.16 Å². The smallest absolute Gasteiger partial charge is 0.438 e.